The molecule has 0 aliphatic carbocycles. The summed E-state index contributed by atoms with van der Waals surface area (Å²) in [7, 11) is 2.87. The quantitative estimate of drug-likeness (QED) is 0.569. The zero-order valence-electron chi connectivity index (χ0n) is 18.3. The van der Waals surface area contributed by atoms with Gasteiger partial charge in [0.15, 0.2) is 18.1 Å². The van der Waals surface area contributed by atoms with E-state index in [0.29, 0.717) is 17.1 Å². The molecule has 1 amide bonds. The Kier molecular flexibility index (Phi) is 6.80. The number of nitrogens with zero attached hydrogens (tertiary/aromatic N) is 2. The third kappa shape index (κ3) is 4.27. The molecular weight excluding hydrogens is 410 g/mol. The number of esters is 1. The Balaban J connectivity index is 1.81. The number of rotatable bonds is 7. The zero-order chi connectivity index (χ0) is 23.3. The second-order valence-electron chi connectivity index (χ2n) is 6.88. The normalized spacial score (nSPS) is 10.2. The molecule has 3 rings (SSSR count). The molecular formula is C24H23N3O5. The van der Waals surface area contributed by atoms with Gasteiger partial charge in [0.1, 0.15) is 17.5 Å². The number of para-hydroxylation sites is 2. The molecule has 164 valence electrons. The number of anilines is 1. The van der Waals surface area contributed by atoms with Gasteiger partial charge in [0, 0.05) is 11.4 Å². The average molecular weight is 433 g/mol. The van der Waals surface area contributed by atoms with Crippen LogP contribution in [-0.2, 0) is 9.53 Å². The Morgan fingerprint density at radius 1 is 1.03 bits per heavy atom. The first-order valence-electron chi connectivity index (χ1n) is 9.78. The first-order valence-corrected chi connectivity index (χ1v) is 9.78. The Bertz CT molecular complexity index is 1190. The van der Waals surface area contributed by atoms with Crippen LogP contribution in [-0.4, -0.2) is 37.3 Å². The summed E-state index contributed by atoms with van der Waals surface area (Å²) in [5.41, 5.74) is 2.85. The highest BCUT2D eigenvalue weighted by Crippen LogP contribution is 2.32. The van der Waals surface area contributed by atoms with E-state index in [9.17, 15) is 14.9 Å². The molecule has 3 aromatic rings. The first kappa shape index (κ1) is 22.4. The molecule has 8 heteroatoms. The average Bonchev–Trinajstić information content (AvgIpc) is 3.05. The van der Waals surface area contributed by atoms with Gasteiger partial charge < -0.3 is 19.5 Å². The highest BCUT2D eigenvalue weighted by molar-refractivity contribution is 5.98. The molecule has 1 aromatic heterocycles. The van der Waals surface area contributed by atoms with Crippen LogP contribution >= 0.6 is 0 Å². The van der Waals surface area contributed by atoms with Crippen molar-refractivity contribution >= 4 is 17.7 Å². The number of aromatic nitrogens is 1. The molecule has 0 aliphatic heterocycles. The fourth-order valence-corrected chi connectivity index (χ4v) is 3.39. The van der Waals surface area contributed by atoms with Gasteiger partial charge in [-0.25, -0.2) is 4.79 Å². The van der Waals surface area contributed by atoms with Gasteiger partial charge in [-0.05, 0) is 43.7 Å². The second-order valence-corrected chi connectivity index (χ2v) is 6.88. The van der Waals surface area contributed by atoms with Crippen molar-refractivity contribution in [1.29, 1.82) is 5.26 Å². The van der Waals surface area contributed by atoms with E-state index in [1.54, 1.807) is 16.7 Å². The number of carbonyl (C=O) groups excluding carboxylic acids is 2. The maximum absolute atomic E-state index is 12.6. The predicted octanol–water partition coefficient (Wildman–Crippen LogP) is 3.78. The fraction of sp³-hybridized carbons (Fsp3) is 0.208. The van der Waals surface area contributed by atoms with Gasteiger partial charge in [0.05, 0.1) is 19.8 Å². The summed E-state index contributed by atoms with van der Waals surface area (Å²) in [6.45, 7) is 3.15. The number of hydrogen-bond acceptors (Lipinski definition) is 6. The van der Waals surface area contributed by atoms with Gasteiger partial charge >= 0.3 is 5.97 Å². The van der Waals surface area contributed by atoms with Crippen LogP contribution in [0.15, 0.2) is 48.5 Å². The molecule has 32 heavy (non-hydrogen) atoms. The highest BCUT2D eigenvalue weighted by Gasteiger charge is 2.22. The molecule has 1 heterocycles. The van der Waals surface area contributed by atoms with Crippen molar-refractivity contribution < 1.29 is 23.8 Å². The van der Waals surface area contributed by atoms with E-state index in [1.807, 2.05) is 44.2 Å². The lowest BCUT2D eigenvalue weighted by Gasteiger charge is -2.14. The Morgan fingerprint density at radius 3 is 2.38 bits per heavy atom. The lowest BCUT2D eigenvalue weighted by atomic mass is 10.2. The van der Waals surface area contributed by atoms with Crippen LogP contribution in [0.5, 0.6) is 11.5 Å². The van der Waals surface area contributed by atoms with E-state index in [4.69, 9.17) is 14.2 Å². The molecule has 0 atom stereocenters. The van der Waals surface area contributed by atoms with Crippen molar-refractivity contribution in [2.24, 2.45) is 0 Å². The number of hydrogen-bond donors (Lipinski definition) is 1. The van der Waals surface area contributed by atoms with Gasteiger partial charge in [0.25, 0.3) is 5.91 Å². The predicted molar refractivity (Wildman–Crippen MR) is 118 cm³/mol. The van der Waals surface area contributed by atoms with Gasteiger partial charge in [-0.3, -0.25) is 9.36 Å². The number of ether oxygens (including phenoxy) is 3. The zero-order valence-corrected chi connectivity index (χ0v) is 18.3. The van der Waals surface area contributed by atoms with Crippen LogP contribution in [0.1, 0.15) is 27.2 Å². The number of methoxy groups -OCH3 is 2. The summed E-state index contributed by atoms with van der Waals surface area (Å²) in [5, 5.41) is 12.4. The van der Waals surface area contributed by atoms with E-state index in [2.05, 4.69) is 11.4 Å². The van der Waals surface area contributed by atoms with Gasteiger partial charge in [-0.1, -0.05) is 24.3 Å². The molecule has 0 radical (unpaired) electrons. The third-order valence-electron chi connectivity index (χ3n) is 5.05. The number of nitriles is 1. The van der Waals surface area contributed by atoms with Crippen molar-refractivity contribution in [1.82, 2.24) is 4.57 Å². The summed E-state index contributed by atoms with van der Waals surface area (Å²) in [5.74, 6) is -0.393. The minimum atomic E-state index is -0.734. The Labute approximate surface area is 185 Å². The smallest absolute Gasteiger partial charge is 0.342 e. The minimum Gasteiger partial charge on any atom is -0.493 e. The molecule has 0 saturated heterocycles. The van der Waals surface area contributed by atoms with Gasteiger partial charge in [-0.2, -0.15) is 5.26 Å². The van der Waals surface area contributed by atoms with Crippen LogP contribution in [0, 0.1) is 25.2 Å². The maximum Gasteiger partial charge on any atom is 0.342 e. The summed E-state index contributed by atoms with van der Waals surface area (Å²) < 4.78 is 17.4. The molecule has 1 N–H and O–H groups in total. The summed E-state index contributed by atoms with van der Waals surface area (Å²) in [6.07, 6.45) is 0. The van der Waals surface area contributed by atoms with Crippen molar-refractivity contribution in [2.45, 2.75) is 13.8 Å². The van der Waals surface area contributed by atoms with Crippen LogP contribution in [0.4, 0.5) is 5.82 Å². The molecule has 0 aliphatic rings. The number of carbonyl (C=O) groups is 2. The van der Waals surface area contributed by atoms with E-state index < -0.39 is 18.5 Å². The van der Waals surface area contributed by atoms with E-state index in [0.717, 1.165) is 16.9 Å². The van der Waals surface area contributed by atoms with E-state index >= 15 is 0 Å². The first-order chi connectivity index (χ1) is 15.4. The minimum absolute atomic E-state index is 0.136. The van der Waals surface area contributed by atoms with E-state index in [-0.39, 0.29) is 11.3 Å². The monoisotopic (exact) mass is 433 g/mol. The van der Waals surface area contributed by atoms with Crippen LogP contribution in [0.3, 0.4) is 0 Å². The molecule has 0 spiro atoms. The van der Waals surface area contributed by atoms with Crippen molar-refractivity contribution in [2.75, 3.05) is 26.1 Å². The molecule has 0 saturated carbocycles. The molecule has 8 nitrogen and oxygen atoms in total. The lowest BCUT2D eigenvalue weighted by molar-refractivity contribution is -0.119. The highest BCUT2D eigenvalue weighted by atomic mass is 16.5. The van der Waals surface area contributed by atoms with Crippen LogP contribution in [0.25, 0.3) is 5.69 Å². The van der Waals surface area contributed by atoms with E-state index in [1.165, 1.54) is 20.3 Å². The topological polar surface area (TPSA) is 103 Å². The maximum atomic E-state index is 12.6. The molecule has 0 bridgehead atoms. The fourth-order valence-electron chi connectivity index (χ4n) is 3.39. The van der Waals surface area contributed by atoms with Crippen LogP contribution in [0.2, 0.25) is 0 Å². The Morgan fingerprint density at radius 2 is 1.75 bits per heavy atom. The molecule has 2 aromatic carbocycles. The lowest BCUT2D eigenvalue weighted by Crippen LogP contribution is -2.23. The molecule has 0 unspecified atom stereocenters. The van der Waals surface area contributed by atoms with Crippen molar-refractivity contribution in [3.8, 4) is 23.3 Å². The summed E-state index contributed by atoms with van der Waals surface area (Å²) in [4.78, 5) is 25.2. The summed E-state index contributed by atoms with van der Waals surface area (Å²) in [6, 6.07) is 16.3. The number of benzene rings is 2. The van der Waals surface area contributed by atoms with Gasteiger partial charge in [-0.15, -0.1) is 0 Å². The number of nitrogens with one attached hydrogen (secondary N) is 1. The Hall–Kier alpha value is -4.25. The molecule has 0 fully saturated rings. The second kappa shape index (κ2) is 9.71. The largest absolute Gasteiger partial charge is 0.493 e. The van der Waals surface area contributed by atoms with Crippen molar-refractivity contribution in [3.63, 3.8) is 0 Å². The number of amides is 1. The third-order valence-corrected chi connectivity index (χ3v) is 5.05. The standard InChI is InChI=1S/C24H23N3O5/c1-15-16(2)27(17-9-6-5-7-10-17)23(19(15)13-25)26-21(28)14-32-24(29)18-11-8-12-20(30-3)22(18)31-4/h5-12H,14H2,1-4H3,(H,26,28). The van der Waals surface area contributed by atoms with Gasteiger partial charge in [0.2, 0.25) is 0 Å². The SMILES string of the molecule is COc1cccc(C(=O)OCC(=O)Nc2c(C#N)c(C)c(C)n2-c2ccccc2)c1OC. The van der Waals surface area contributed by atoms with Crippen LogP contribution < -0.4 is 14.8 Å². The summed E-state index contributed by atoms with van der Waals surface area (Å²) >= 11 is 0. The van der Waals surface area contributed by atoms with Crippen molar-refractivity contribution in [3.05, 3.63) is 70.9 Å².